The van der Waals surface area contributed by atoms with E-state index in [4.69, 9.17) is 5.11 Å². The molecule has 0 aromatic heterocycles. The number of carboxylic acid groups (broad SMARTS) is 1. The van der Waals surface area contributed by atoms with E-state index >= 15 is 0 Å². The highest BCUT2D eigenvalue weighted by Gasteiger charge is 2.37. The standard InChI is InChI=1S/C26H22F3NO3/c1-16-5-4-8-23-21(16)14-20(13-17-9-11-18(12-10-17)25(32)33)24(31)30(23)15-19-6-2-3-7-22(19)26(27,28)29/h2-12,20H,13-15H2,1H3,(H,32,33). The number of nitrogens with zero attached hydrogens (tertiary/aromatic N) is 1. The molecule has 0 radical (unpaired) electrons. The predicted molar refractivity (Wildman–Crippen MR) is 118 cm³/mol. The van der Waals surface area contributed by atoms with Crippen LogP contribution in [0.2, 0.25) is 0 Å². The monoisotopic (exact) mass is 453 g/mol. The van der Waals surface area contributed by atoms with E-state index in [1.54, 1.807) is 24.3 Å². The van der Waals surface area contributed by atoms with Crippen LogP contribution in [0.5, 0.6) is 0 Å². The number of amides is 1. The van der Waals surface area contributed by atoms with Crippen molar-refractivity contribution in [2.24, 2.45) is 5.92 Å². The van der Waals surface area contributed by atoms with Gasteiger partial charge in [-0.2, -0.15) is 13.2 Å². The van der Waals surface area contributed by atoms with E-state index in [0.717, 1.165) is 22.8 Å². The van der Waals surface area contributed by atoms with Gasteiger partial charge in [-0.25, -0.2) is 4.79 Å². The Balaban J connectivity index is 1.69. The highest BCUT2D eigenvalue weighted by molar-refractivity contribution is 5.98. The third-order valence-electron chi connectivity index (χ3n) is 6.08. The fraction of sp³-hybridized carbons (Fsp3) is 0.231. The van der Waals surface area contributed by atoms with Crippen molar-refractivity contribution in [1.82, 2.24) is 0 Å². The molecule has 0 fully saturated rings. The molecule has 3 aromatic rings. The largest absolute Gasteiger partial charge is 0.478 e. The van der Waals surface area contributed by atoms with E-state index in [0.29, 0.717) is 18.5 Å². The highest BCUT2D eigenvalue weighted by Crippen LogP contribution is 2.38. The molecule has 1 amide bonds. The molecule has 0 aliphatic carbocycles. The zero-order chi connectivity index (χ0) is 23.8. The number of carbonyl (C=O) groups is 2. The lowest BCUT2D eigenvalue weighted by Crippen LogP contribution is -2.42. The number of hydrogen-bond donors (Lipinski definition) is 1. The molecule has 170 valence electrons. The van der Waals surface area contributed by atoms with Crippen LogP contribution in [0.25, 0.3) is 0 Å². The second-order valence-corrected chi connectivity index (χ2v) is 8.26. The molecule has 4 rings (SSSR count). The molecule has 1 atom stereocenters. The van der Waals surface area contributed by atoms with Gasteiger partial charge < -0.3 is 10.0 Å². The van der Waals surface area contributed by atoms with E-state index < -0.39 is 23.6 Å². The van der Waals surface area contributed by atoms with Crippen LogP contribution < -0.4 is 4.90 Å². The van der Waals surface area contributed by atoms with E-state index in [1.165, 1.54) is 35.2 Å². The maximum absolute atomic E-state index is 13.6. The lowest BCUT2D eigenvalue weighted by Gasteiger charge is -2.36. The SMILES string of the molecule is Cc1cccc2c1CC(Cc1ccc(C(=O)O)cc1)C(=O)N2Cc1ccccc1C(F)(F)F. The topological polar surface area (TPSA) is 57.6 Å². The molecule has 1 aliphatic rings. The summed E-state index contributed by atoms with van der Waals surface area (Å²) in [7, 11) is 0. The Kier molecular flexibility index (Phi) is 5.97. The van der Waals surface area contributed by atoms with Crippen molar-refractivity contribution in [3.63, 3.8) is 0 Å². The number of alkyl halides is 3. The number of aryl methyl sites for hydroxylation is 1. The maximum Gasteiger partial charge on any atom is 0.416 e. The lowest BCUT2D eigenvalue weighted by molar-refractivity contribution is -0.138. The maximum atomic E-state index is 13.6. The van der Waals surface area contributed by atoms with Crippen LogP contribution in [0.4, 0.5) is 18.9 Å². The van der Waals surface area contributed by atoms with Gasteiger partial charge in [0.1, 0.15) is 0 Å². The number of anilines is 1. The third kappa shape index (κ3) is 4.62. The van der Waals surface area contributed by atoms with Crippen LogP contribution in [0.3, 0.4) is 0 Å². The first-order valence-electron chi connectivity index (χ1n) is 10.5. The first kappa shape index (κ1) is 22.6. The average molecular weight is 453 g/mol. The van der Waals surface area contributed by atoms with E-state index in [1.807, 2.05) is 13.0 Å². The number of halogens is 3. The van der Waals surface area contributed by atoms with Gasteiger partial charge in [0.25, 0.3) is 0 Å². The number of benzene rings is 3. The summed E-state index contributed by atoms with van der Waals surface area (Å²) in [6, 6.07) is 17.1. The molecule has 7 heteroatoms. The molecular formula is C26H22F3NO3. The minimum atomic E-state index is -4.52. The quantitative estimate of drug-likeness (QED) is 0.542. The van der Waals surface area contributed by atoms with Crippen LogP contribution in [0, 0.1) is 12.8 Å². The van der Waals surface area contributed by atoms with Crippen LogP contribution in [-0.4, -0.2) is 17.0 Å². The molecule has 0 saturated heterocycles. The summed E-state index contributed by atoms with van der Waals surface area (Å²) in [5, 5.41) is 9.09. The average Bonchev–Trinajstić information content (AvgIpc) is 2.77. The zero-order valence-corrected chi connectivity index (χ0v) is 17.9. The minimum Gasteiger partial charge on any atom is -0.478 e. The second kappa shape index (κ2) is 8.73. The first-order valence-corrected chi connectivity index (χ1v) is 10.5. The Morgan fingerprint density at radius 2 is 1.73 bits per heavy atom. The summed E-state index contributed by atoms with van der Waals surface area (Å²) in [6.07, 6.45) is -3.68. The normalized spacial score (nSPS) is 15.9. The molecule has 1 aliphatic heterocycles. The van der Waals surface area contributed by atoms with Gasteiger partial charge in [-0.15, -0.1) is 0 Å². The minimum absolute atomic E-state index is 0.0391. The second-order valence-electron chi connectivity index (χ2n) is 8.26. The van der Waals surface area contributed by atoms with E-state index in [-0.39, 0.29) is 23.6 Å². The number of hydrogen-bond acceptors (Lipinski definition) is 2. The first-order chi connectivity index (χ1) is 15.6. The van der Waals surface area contributed by atoms with Crippen molar-refractivity contribution in [3.8, 4) is 0 Å². The van der Waals surface area contributed by atoms with E-state index in [9.17, 15) is 22.8 Å². The third-order valence-corrected chi connectivity index (χ3v) is 6.08. The Labute approximate surface area is 189 Å². The van der Waals surface area contributed by atoms with E-state index in [2.05, 4.69) is 0 Å². The molecule has 1 heterocycles. The molecule has 3 aromatic carbocycles. The van der Waals surface area contributed by atoms with Gasteiger partial charge in [0.2, 0.25) is 5.91 Å². The number of aromatic carboxylic acids is 1. The van der Waals surface area contributed by atoms with Crippen molar-refractivity contribution in [2.75, 3.05) is 4.90 Å². The Hall–Kier alpha value is -3.61. The molecule has 1 unspecified atom stereocenters. The summed E-state index contributed by atoms with van der Waals surface area (Å²) in [6.45, 7) is 1.74. The number of carboxylic acids is 1. The Morgan fingerprint density at radius 3 is 2.39 bits per heavy atom. The van der Waals surface area contributed by atoms with Crippen molar-refractivity contribution in [3.05, 3.63) is 100 Å². The smallest absolute Gasteiger partial charge is 0.416 e. The molecular weight excluding hydrogens is 431 g/mol. The molecule has 0 saturated carbocycles. The van der Waals surface area contributed by atoms with Gasteiger partial charge >= 0.3 is 12.1 Å². The molecule has 33 heavy (non-hydrogen) atoms. The van der Waals surface area contributed by atoms with Gasteiger partial charge in [0.05, 0.1) is 17.7 Å². The van der Waals surface area contributed by atoms with Gasteiger partial charge in [-0.05, 0) is 66.3 Å². The van der Waals surface area contributed by atoms with Crippen LogP contribution in [-0.2, 0) is 30.4 Å². The number of rotatable bonds is 5. The molecule has 1 N–H and O–H groups in total. The van der Waals surface area contributed by atoms with Crippen LogP contribution >= 0.6 is 0 Å². The molecule has 4 nitrogen and oxygen atoms in total. The molecule has 0 bridgehead atoms. The highest BCUT2D eigenvalue weighted by atomic mass is 19.4. The van der Waals surface area contributed by atoms with Gasteiger partial charge in [-0.3, -0.25) is 4.79 Å². The zero-order valence-electron chi connectivity index (χ0n) is 17.9. The number of carbonyl (C=O) groups excluding carboxylic acids is 1. The van der Waals surface area contributed by atoms with Crippen molar-refractivity contribution >= 4 is 17.6 Å². The summed E-state index contributed by atoms with van der Waals surface area (Å²) in [5.74, 6) is -1.74. The summed E-state index contributed by atoms with van der Waals surface area (Å²) >= 11 is 0. The predicted octanol–water partition coefficient (Wildman–Crippen LogP) is 5.66. The van der Waals surface area contributed by atoms with Gasteiger partial charge in [0, 0.05) is 11.6 Å². The van der Waals surface area contributed by atoms with Crippen molar-refractivity contribution in [2.45, 2.75) is 32.5 Å². The number of fused-ring (bicyclic) bond motifs is 1. The Morgan fingerprint density at radius 1 is 1.03 bits per heavy atom. The molecule has 0 spiro atoms. The van der Waals surface area contributed by atoms with Crippen molar-refractivity contribution in [1.29, 1.82) is 0 Å². The van der Waals surface area contributed by atoms with Gasteiger partial charge in [-0.1, -0.05) is 42.5 Å². The fourth-order valence-electron chi connectivity index (χ4n) is 4.37. The van der Waals surface area contributed by atoms with Gasteiger partial charge in [0.15, 0.2) is 0 Å². The lowest BCUT2D eigenvalue weighted by atomic mass is 9.84. The summed E-state index contributed by atoms with van der Waals surface area (Å²) < 4.78 is 40.7. The van der Waals surface area contributed by atoms with Crippen molar-refractivity contribution < 1.29 is 27.9 Å². The fourth-order valence-corrected chi connectivity index (χ4v) is 4.37. The Bertz CT molecular complexity index is 1200. The van der Waals surface area contributed by atoms with Crippen LogP contribution in [0.1, 0.15) is 38.2 Å². The summed E-state index contributed by atoms with van der Waals surface area (Å²) in [5.41, 5.74) is 2.78. The van der Waals surface area contributed by atoms with Crippen LogP contribution in [0.15, 0.2) is 66.7 Å². The summed E-state index contributed by atoms with van der Waals surface area (Å²) in [4.78, 5) is 26.0.